The maximum Gasteiger partial charge on any atom is 0.255 e. The largest absolute Gasteiger partial charge is 0.339 e. The van der Waals surface area contributed by atoms with Crippen molar-refractivity contribution < 1.29 is 9.59 Å². The normalized spacial score (nSPS) is 14.3. The number of piperazine rings is 1. The number of nitrogens with zero attached hydrogens (tertiary/aromatic N) is 2. The first-order valence-corrected chi connectivity index (χ1v) is 9.84. The monoisotopic (exact) mass is 424 g/mol. The Morgan fingerprint density at radius 3 is 2.04 bits per heavy atom. The third-order valence-corrected chi connectivity index (χ3v) is 5.42. The molecule has 1 aliphatic heterocycles. The molecule has 1 saturated heterocycles. The maximum atomic E-state index is 12.6. The molecule has 0 saturated carbocycles. The van der Waals surface area contributed by atoms with Crippen molar-refractivity contribution in [3.63, 3.8) is 0 Å². The Balaban J connectivity index is 1.51. The van der Waals surface area contributed by atoms with Gasteiger partial charge in [0.25, 0.3) is 5.91 Å². The fourth-order valence-electron chi connectivity index (χ4n) is 3.05. The minimum atomic E-state index is -0.134. The van der Waals surface area contributed by atoms with E-state index < -0.39 is 0 Å². The van der Waals surface area contributed by atoms with Crippen LogP contribution in [0.15, 0.2) is 42.5 Å². The molecule has 0 radical (unpaired) electrons. The highest BCUT2D eigenvalue weighted by Crippen LogP contribution is 2.23. The summed E-state index contributed by atoms with van der Waals surface area (Å²) in [6.45, 7) is 2.03. The lowest BCUT2D eigenvalue weighted by Gasteiger charge is -2.35. The third-order valence-electron chi connectivity index (χ3n) is 4.62. The maximum absolute atomic E-state index is 12.6. The Morgan fingerprint density at radius 2 is 1.41 bits per heavy atom. The first kappa shape index (κ1) is 20.0. The number of hydrogen-bond donors (Lipinski definition) is 0. The Bertz CT molecular complexity index is 832. The van der Waals surface area contributed by atoms with Gasteiger partial charge >= 0.3 is 0 Å². The zero-order valence-corrected chi connectivity index (χ0v) is 16.9. The number of amides is 2. The smallest absolute Gasteiger partial charge is 0.255 e. The summed E-state index contributed by atoms with van der Waals surface area (Å²) in [6.07, 6.45) is 1.12. The summed E-state index contributed by atoms with van der Waals surface area (Å²) < 4.78 is 0. The molecule has 0 spiro atoms. The average molecular weight is 426 g/mol. The van der Waals surface area contributed by atoms with Gasteiger partial charge in [-0.05, 0) is 42.3 Å². The van der Waals surface area contributed by atoms with Gasteiger partial charge in [-0.1, -0.05) is 46.9 Å². The van der Waals surface area contributed by atoms with Crippen LogP contribution in [0.2, 0.25) is 15.1 Å². The lowest BCUT2D eigenvalue weighted by molar-refractivity contribution is -0.132. The Kier molecular flexibility index (Phi) is 6.64. The van der Waals surface area contributed by atoms with Gasteiger partial charge in [0, 0.05) is 42.6 Å². The number of carbonyl (C=O) groups is 2. The number of aryl methyl sites for hydroxylation is 1. The zero-order chi connectivity index (χ0) is 19.4. The molecule has 0 N–H and O–H groups in total. The molecule has 2 amide bonds. The van der Waals surface area contributed by atoms with Gasteiger partial charge in [0.1, 0.15) is 0 Å². The van der Waals surface area contributed by atoms with Crippen LogP contribution < -0.4 is 0 Å². The summed E-state index contributed by atoms with van der Waals surface area (Å²) >= 11 is 17.9. The van der Waals surface area contributed by atoms with Gasteiger partial charge in [-0.15, -0.1) is 0 Å². The fraction of sp³-hybridized carbons (Fsp3) is 0.300. The molecule has 1 fully saturated rings. The lowest BCUT2D eigenvalue weighted by Crippen LogP contribution is -2.50. The summed E-state index contributed by atoms with van der Waals surface area (Å²) in [6, 6.07) is 12.4. The summed E-state index contributed by atoms with van der Waals surface area (Å²) in [5.41, 5.74) is 1.52. The number of hydrogen-bond acceptors (Lipinski definition) is 2. The van der Waals surface area contributed by atoms with Crippen LogP contribution >= 0.6 is 34.8 Å². The number of carbonyl (C=O) groups excluding carboxylic acids is 2. The van der Waals surface area contributed by atoms with Crippen molar-refractivity contribution in [1.82, 2.24) is 9.80 Å². The Hall–Kier alpha value is -1.75. The minimum absolute atomic E-state index is 0.0987. The van der Waals surface area contributed by atoms with Gasteiger partial charge in [0.05, 0.1) is 10.6 Å². The first-order valence-electron chi connectivity index (χ1n) is 8.70. The van der Waals surface area contributed by atoms with Crippen LogP contribution in [0.25, 0.3) is 0 Å². The molecule has 0 atom stereocenters. The van der Waals surface area contributed by atoms with Crippen molar-refractivity contribution in [3.8, 4) is 0 Å². The fourth-order valence-corrected chi connectivity index (χ4v) is 3.67. The molecule has 27 heavy (non-hydrogen) atoms. The van der Waals surface area contributed by atoms with Gasteiger partial charge in [-0.2, -0.15) is 0 Å². The van der Waals surface area contributed by atoms with Crippen molar-refractivity contribution in [2.75, 3.05) is 26.2 Å². The Morgan fingerprint density at radius 1 is 0.815 bits per heavy atom. The van der Waals surface area contributed by atoms with Crippen LogP contribution in [-0.4, -0.2) is 47.8 Å². The molecule has 142 valence electrons. The molecule has 0 bridgehead atoms. The standard InChI is InChI=1S/C20H19Cl3N2O2/c21-15-4-1-14(2-5-15)3-8-19(26)24-9-11-25(12-10-24)20(27)17-7-6-16(22)13-18(17)23/h1-2,4-7,13H,3,8-12H2. The molecule has 4 nitrogen and oxygen atoms in total. The molecule has 7 heteroatoms. The molecular formula is C20H19Cl3N2O2. The average Bonchev–Trinajstić information content (AvgIpc) is 2.67. The second-order valence-electron chi connectivity index (χ2n) is 6.42. The van der Waals surface area contributed by atoms with Gasteiger partial charge in [0.2, 0.25) is 5.91 Å². The van der Waals surface area contributed by atoms with Gasteiger partial charge < -0.3 is 9.80 Å². The highest BCUT2D eigenvalue weighted by molar-refractivity contribution is 6.36. The predicted octanol–water partition coefficient (Wildman–Crippen LogP) is 4.56. The van der Waals surface area contributed by atoms with Crippen LogP contribution in [0, 0.1) is 0 Å². The summed E-state index contributed by atoms with van der Waals surface area (Å²) in [4.78, 5) is 28.6. The predicted molar refractivity (Wildman–Crippen MR) is 109 cm³/mol. The van der Waals surface area contributed by atoms with Gasteiger partial charge in [0.15, 0.2) is 0 Å². The van der Waals surface area contributed by atoms with E-state index in [0.717, 1.165) is 5.56 Å². The number of benzene rings is 2. The van der Waals surface area contributed by atoms with E-state index in [1.54, 1.807) is 23.1 Å². The topological polar surface area (TPSA) is 40.6 Å². The van der Waals surface area contributed by atoms with Crippen LogP contribution in [0.5, 0.6) is 0 Å². The van der Waals surface area contributed by atoms with Crippen molar-refractivity contribution in [2.24, 2.45) is 0 Å². The van der Waals surface area contributed by atoms with Crippen LogP contribution in [0.4, 0.5) is 0 Å². The summed E-state index contributed by atoms with van der Waals surface area (Å²) in [5.74, 6) is -0.0356. The van der Waals surface area contributed by atoms with E-state index in [9.17, 15) is 9.59 Å². The van der Waals surface area contributed by atoms with E-state index in [2.05, 4.69) is 0 Å². The van der Waals surface area contributed by atoms with Gasteiger partial charge in [-0.3, -0.25) is 9.59 Å². The molecule has 3 rings (SSSR count). The van der Waals surface area contributed by atoms with Crippen molar-refractivity contribution in [2.45, 2.75) is 12.8 Å². The van der Waals surface area contributed by atoms with Crippen LogP contribution in [-0.2, 0) is 11.2 Å². The quantitative estimate of drug-likeness (QED) is 0.720. The SMILES string of the molecule is O=C(CCc1ccc(Cl)cc1)N1CCN(C(=O)c2ccc(Cl)cc2Cl)CC1. The van der Waals surface area contributed by atoms with E-state index in [-0.39, 0.29) is 11.8 Å². The third kappa shape index (κ3) is 5.16. The zero-order valence-electron chi connectivity index (χ0n) is 14.6. The Labute approximate surface area is 173 Å². The van der Waals surface area contributed by atoms with E-state index in [4.69, 9.17) is 34.8 Å². The molecule has 2 aromatic rings. The molecule has 1 heterocycles. The summed E-state index contributed by atoms with van der Waals surface area (Å²) in [7, 11) is 0. The van der Waals surface area contributed by atoms with Crippen molar-refractivity contribution in [3.05, 3.63) is 68.7 Å². The minimum Gasteiger partial charge on any atom is -0.339 e. The first-order chi connectivity index (χ1) is 12.9. The second kappa shape index (κ2) is 8.96. The highest BCUT2D eigenvalue weighted by Gasteiger charge is 2.25. The van der Waals surface area contributed by atoms with Crippen LogP contribution in [0.1, 0.15) is 22.3 Å². The highest BCUT2D eigenvalue weighted by atomic mass is 35.5. The van der Waals surface area contributed by atoms with Crippen LogP contribution in [0.3, 0.4) is 0 Å². The molecule has 0 aliphatic carbocycles. The van der Waals surface area contributed by atoms with Crippen molar-refractivity contribution >= 4 is 46.6 Å². The van der Waals surface area contributed by atoms with E-state index in [0.29, 0.717) is 59.7 Å². The molecule has 2 aromatic carbocycles. The lowest BCUT2D eigenvalue weighted by atomic mass is 10.1. The van der Waals surface area contributed by atoms with E-state index in [1.807, 2.05) is 29.2 Å². The molecule has 0 unspecified atom stereocenters. The van der Waals surface area contributed by atoms with Gasteiger partial charge in [-0.25, -0.2) is 0 Å². The van der Waals surface area contributed by atoms with E-state index >= 15 is 0 Å². The number of halogens is 3. The number of rotatable bonds is 4. The molecular weight excluding hydrogens is 407 g/mol. The molecule has 0 aromatic heterocycles. The van der Waals surface area contributed by atoms with Crippen molar-refractivity contribution in [1.29, 1.82) is 0 Å². The second-order valence-corrected chi connectivity index (χ2v) is 7.70. The van der Waals surface area contributed by atoms with E-state index in [1.165, 1.54) is 0 Å². The summed E-state index contributed by atoms with van der Waals surface area (Å²) in [5, 5.41) is 1.52. The molecule has 1 aliphatic rings.